The average Bonchev–Trinajstić information content (AvgIpc) is 3.21. The zero-order valence-electron chi connectivity index (χ0n) is 15.3. The molecular formula is C19H20ClFN6O. The minimum Gasteiger partial charge on any atom is -0.368 e. The van der Waals surface area contributed by atoms with Gasteiger partial charge in [-0.15, -0.1) is 0 Å². The summed E-state index contributed by atoms with van der Waals surface area (Å²) in [5, 5.41) is 10.2. The first-order chi connectivity index (χ1) is 13.5. The van der Waals surface area contributed by atoms with Crippen LogP contribution in [0.25, 0.3) is 5.82 Å². The van der Waals surface area contributed by atoms with Gasteiger partial charge in [-0.25, -0.2) is 19.0 Å². The highest BCUT2D eigenvalue weighted by Gasteiger charge is 2.06. The van der Waals surface area contributed by atoms with Gasteiger partial charge in [0.1, 0.15) is 17.5 Å². The number of rotatable bonds is 8. The second-order valence-electron chi connectivity index (χ2n) is 6.13. The molecule has 2 aromatic heterocycles. The molecule has 0 aliphatic carbocycles. The van der Waals surface area contributed by atoms with Crippen LogP contribution in [0.2, 0.25) is 5.02 Å². The van der Waals surface area contributed by atoms with Gasteiger partial charge in [0, 0.05) is 38.0 Å². The van der Waals surface area contributed by atoms with E-state index in [0.717, 1.165) is 5.56 Å². The van der Waals surface area contributed by atoms with Gasteiger partial charge in [-0.05, 0) is 37.1 Å². The van der Waals surface area contributed by atoms with Gasteiger partial charge in [0.05, 0.1) is 5.02 Å². The molecule has 9 heteroatoms. The van der Waals surface area contributed by atoms with Crippen molar-refractivity contribution in [3.63, 3.8) is 0 Å². The molecule has 0 unspecified atom stereocenters. The first kappa shape index (κ1) is 19.8. The van der Waals surface area contributed by atoms with Crippen molar-refractivity contribution >= 4 is 23.3 Å². The maximum absolute atomic E-state index is 13.1. The Kier molecular flexibility index (Phi) is 6.54. The zero-order chi connectivity index (χ0) is 19.9. The maximum Gasteiger partial charge on any atom is 0.220 e. The molecule has 28 heavy (non-hydrogen) atoms. The van der Waals surface area contributed by atoms with E-state index in [4.69, 9.17) is 11.6 Å². The molecule has 2 N–H and O–H groups in total. The van der Waals surface area contributed by atoms with E-state index in [1.165, 1.54) is 6.07 Å². The number of benzene rings is 1. The summed E-state index contributed by atoms with van der Waals surface area (Å²) in [6, 6.07) is 8.09. The van der Waals surface area contributed by atoms with Gasteiger partial charge >= 0.3 is 0 Å². The Hall–Kier alpha value is -3.00. The third kappa shape index (κ3) is 5.50. The summed E-state index contributed by atoms with van der Waals surface area (Å²) in [4.78, 5) is 20.6. The molecule has 0 saturated carbocycles. The molecule has 0 saturated heterocycles. The number of hydrogen-bond donors (Lipinski definition) is 2. The molecule has 0 aliphatic rings. The third-order valence-electron chi connectivity index (χ3n) is 3.94. The van der Waals surface area contributed by atoms with Crippen molar-refractivity contribution in [2.24, 2.45) is 0 Å². The van der Waals surface area contributed by atoms with Crippen LogP contribution in [-0.2, 0) is 11.2 Å². The SMILES string of the molecule is Cc1nc(NCCNC(=O)CCc2ccc(F)c(Cl)c2)cc(-n2cccn2)n1. The average molecular weight is 403 g/mol. The van der Waals surface area contributed by atoms with Crippen LogP contribution in [0.3, 0.4) is 0 Å². The number of aryl methyl sites for hydroxylation is 2. The molecule has 0 spiro atoms. The minimum atomic E-state index is -0.461. The largest absolute Gasteiger partial charge is 0.368 e. The normalized spacial score (nSPS) is 10.7. The molecular weight excluding hydrogens is 383 g/mol. The van der Waals surface area contributed by atoms with Crippen molar-refractivity contribution in [1.29, 1.82) is 0 Å². The Morgan fingerprint density at radius 3 is 2.86 bits per heavy atom. The van der Waals surface area contributed by atoms with Crippen molar-refractivity contribution in [3.8, 4) is 5.82 Å². The van der Waals surface area contributed by atoms with Crippen LogP contribution in [-0.4, -0.2) is 38.7 Å². The first-order valence-electron chi connectivity index (χ1n) is 8.81. The predicted molar refractivity (Wildman–Crippen MR) is 105 cm³/mol. The van der Waals surface area contributed by atoms with Gasteiger partial charge in [0.2, 0.25) is 5.91 Å². The van der Waals surface area contributed by atoms with Gasteiger partial charge in [-0.3, -0.25) is 4.79 Å². The number of hydrogen-bond acceptors (Lipinski definition) is 5. The van der Waals surface area contributed by atoms with Crippen LogP contribution in [0.15, 0.2) is 42.7 Å². The predicted octanol–water partition coefficient (Wildman–Crippen LogP) is 2.92. The summed E-state index contributed by atoms with van der Waals surface area (Å²) in [5.41, 5.74) is 0.822. The summed E-state index contributed by atoms with van der Waals surface area (Å²) >= 11 is 5.74. The van der Waals surface area contributed by atoms with Crippen LogP contribution in [0.1, 0.15) is 17.8 Å². The molecule has 0 aliphatic heterocycles. The minimum absolute atomic E-state index is 0.0664. The molecule has 0 radical (unpaired) electrons. The monoisotopic (exact) mass is 402 g/mol. The standard InChI is InChI=1S/C19H20ClFN6O/c1-13-25-17(12-18(26-13)27-10-2-7-24-27)22-8-9-23-19(28)6-4-14-3-5-16(21)15(20)11-14/h2-3,5,7,10-12H,4,6,8-9H2,1H3,(H,23,28)(H,22,25,26). The molecule has 7 nitrogen and oxygen atoms in total. The smallest absolute Gasteiger partial charge is 0.220 e. The van der Waals surface area contributed by atoms with Crippen LogP contribution in [0, 0.1) is 12.7 Å². The summed E-state index contributed by atoms with van der Waals surface area (Å²) in [6.45, 7) is 2.77. The fraction of sp³-hybridized carbons (Fsp3) is 0.263. The number of amides is 1. The first-order valence-corrected chi connectivity index (χ1v) is 9.19. The van der Waals surface area contributed by atoms with Gasteiger partial charge in [0.15, 0.2) is 5.82 Å². The maximum atomic E-state index is 13.1. The number of carbonyl (C=O) groups excluding carboxylic acids is 1. The quantitative estimate of drug-likeness (QED) is 0.566. The van der Waals surface area contributed by atoms with Gasteiger partial charge in [-0.2, -0.15) is 5.10 Å². The fourth-order valence-electron chi connectivity index (χ4n) is 2.60. The summed E-state index contributed by atoms with van der Waals surface area (Å²) in [5.74, 6) is 1.41. The van der Waals surface area contributed by atoms with E-state index >= 15 is 0 Å². The molecule has 3 rings (SSSR count). The lowest BCUT2D eigenvalue weighted by Gasteiger charge is -2.10. The van der Waals surface area contributed by atoms with Gasteiger partial charge in [0.25, 0.3) is 0 Å². The van der Waals surface area contributed by atoms with Crippen molar-refractivity contribution in [2.75, 3.05) is 18.4 Å². The van der Waals surface area contributed by atoms with Crippen LogP contribution < -0.4 is 10.6 Å². The highest BCUT2D eigenvalue weighted by atomic mass is 35.5. The topological polar surface area (TPSA) is 84.7 Å². The Balaban J connectivity index is 1.43. The molecule has 0 atom stereocenters. The van der Waals surface area contributed by atoms with Gasteiger partial charge < -0.3 is 10.6 Å². The van der Waals surface area contributed by atoms with Crippen LogP contribution >= 0.6 is 11.6 Å². The number of anilines is 1. The molecule has 146 valence electrons. The number of nitrogens with one attached hydrogen (secondary N) is 2. The Morgan fingerprint density at radius 1 is 1.25 bits per heavy atom. The van der Waals surface area contributed by atoms with E-state index in [2.05, 4.69) is 25.7 Å². The highest BCUT2D eigenvalue weighted by molar-refractivity contribution is 6.30. The lowest BCUT2D eigenvalue weighted by Crippen LogP contribution is -2.29. The molecule has 2 heterocycles. The van der Waals surface area contributed by atoms with Crippen LogP contribution in [0.4, 0.5) is 10.2 Å². The van der Waals surface area contributed by atoms with Crippen molar-refractivity contribution < 1.29 is 9.18 Å². The van der Waals surface area contributed by atoms with Crippen LogP contribution in [0.5, 0.6) is 0 Å². The number of carbonyl (C=O) groups is 1. The molecule has 1 amide bonds. The fourth-order valence-corrected chi connectivity index (χ4v) is 2.80. The summed E-state index contributed by atoms with van der Waals surface area (Å²) in [6.07, 6.45) is 4.29. The number of aromatic nitrogens is 4. The molecule has 3 aromatic rings. The third-order valence-corrected chi connectivity index (χ3v) is 4.23. The number of halogens is 2. The lowest BCUT2D eigenvalue weighted by atomic mass is 10.1. The Labute approximate surface area is 167 Å². The van der Waals surface area contributed by atoms with Crippen molar-refractivity contribution in [3.05, 3.63) is 65.0 Å². The van der Waals surface area contributed by atoms with Crippen molar-refractivity contribution in [2.45, 2.75) is 19.8 Å². The molecule has 0 bridgehead atoms. The molecule has 0 fully saturated rings. The second-order valence-corrected chi connectivity index (χ2v) is 6.54. The Bertz CT molecular complexity index is 948. The second kappa shape index (κ2) is 9.27. The van der Waals surface area contributed by atoms with Crippen molar-refractivity contribution in [1.82, 2.24) is 25.1 Å². The van der Waals surface area contributed by atoms with E-state index < -0.39 is 5.82 Å². The summed E-state index contributed by atoms with van der Waals surface area (Å²) in [7, 11) is 0. The zero-order valence-corrected chi connectivity index (χ0v) is 16.1. The lowest BCUT2D eigenvalue weighted by molar-refractivity contribution is -0.120. The summed E-state index contributed by atoms with van der Waals surface area (Å²) < 4.78 is 14.8. The van der Waals surface area contributed by atoms with E-state index in [1.807, 2.05) is 13.0 Å². The Morgan fingerprint density at radius 2 is 2.11 bits per heavy atom. The highest BCUT2D eigenvalue weighted by Crippen LogP contribution is 2.17. The van der Waals surface area contributed by atoms with E-state index in [0.29, 0.717) is 43.4 Å². The van der Waals surface area contributed by atoms with E-state index in [1.54, 1.807) is 35.3 Å². The van der Waals surface area contributed by atoms with E-state index in [9.17, 15) is 9.18 Å². The van der Waals surface area contributed by atoms with E-state index in [-0.39, 0.29) is 10.9 Å². The molecule has 1 aromatic carbocycles. The number of nitrogens with zero attached hydrogens (tertiary/aromatic N) is 4. The van der Waals surface area contributed by atoms with Gasteiger partial charge in [-0.1, -0.05) is 17.7 Å².